The van der Waals surface area contributed by atoms with Gasteiger partial charge in [0.2, 0.25) is 41.4 Å². The van der Waals surface area contributed by atoms with Crippen LogP contribution in [0.15, 0.2) is 24.3 Å². The van der Waals surface area contributed by atoms with Crippen LogP contribution in [-0.2, 0) is 44.8 Å². The highest BCUT2D eigenvalue weighted by atomic mass is 16.4. The van der Waals surface area contributed by atoms with Crippen molar-refractivity contribution in [3.8, 4) is 5.75 Å². The van der Waals surface area contributed by atoms with E-state index in [1.165, 1.54) is 19.1 Å². The molecule has 0 aliphatic heterocycles. The highest BCUT2D eigenvalue weighted by molar-refractivity contribution is 5.97. The maximum atomic E-state index is 13.4. The number of unbranched alkanes of at least 4 members (excludes halogenated alkanes) is 1. The molecule has 0 heterocycles. The number of hydrogen-bond donors (Lipinski definition) is 17. The second-order valence-electron chi connectivity index (χ2n) is 14.0. The molecule has 61 heavy (non-hydrogen) atoms. The Morgan fingerprint density at radius 2 is 1.13 bits per heavy atom. The van der Waals surface area contributed by atoms with Crippen LogP contribution >= 0.6 is 0 Å². The minimum Gasteiger partial charge on any atom is -0.508 e. The number of phenolic OH excluding ortho intramolecular Hbond substituents is 1. The zero-order valence-electron chi connectivity index (χ0n) is 34.0. The smallest absolute Gasteiger partial charge is 0.326 e. The number of carbonyl (C=O) groups excluding carboxylic acids is 7. The lowest BCUT2D eigenvalue weighted by Gasteiger charge is -2.25. The number of phenols is 1. The van der Waals surface area contributed by atoms with E-state index >= 15 is 0 Å². The second kappa shape index (κ2) is 27.8. The summed E-state index contributed by atoms with van der Waals surface area (Å²) in [5, 5.41) is 53.1. The number of aromatic hydroxyl groups is 1. The number of carboxylic acid groups (broad SMARTS) is 1. The van der Waals surface area contributed by atoms with E-state index in [0.29, 0.717) is 24.9 Å². The quantitative estimate of drug-likeness (QED) is 0.0203. The predicted octanol–water partition coefficient (Wildman–Crippen LogP) is -5.56. The SMILES string of the molecule is C[C@H](NC(=O)CNC(=O)[C@H](CCCCN)NC(=O)[C@@H](N)Cc1ccc(O)cc1)C(=O)N[C@@H](CC(N)=O)C(=O)N[C@@H](CCCNC(=N)N)C(=O)N[C@@H](CCCNC(=N)N)C(=O)O. The molecule has 340 valence electrons. The highest BCUT2D eigenvalue weighted by Crippen LogP contribution is 2.11. The molecule has 0 aromatic heterocycles. The van der Waals surface area contributed by atoms with E-state index in [2.05, 4.69) is 42.5 Å². The molecule has 0 saturated carbocycles. The number of aliphatic carboxylic acids is 1. The molecule has 1 aromatic rings. The number of nitrogens with one attached hydrogen (secondary N) is 10. The van der Waals surface area contributed by atoms with Gasteiger partial charge in [0, 0.05) is 13.1 Å². The number of hydrogen-bond acceptors (Lipinski definition) is 13. The van der Waals surface area contributed by atoms with Crippen molar-refractivity contribution in [2.75, 3.05) is 26.2 Å². The molecule has 0 aliphatic rings. The summed E-state index contributed by atoms with van der Waals surface area (Å²) in [6.45, 7) is 1.18. The Labute approximate surface area is 352 Å². The summed E-state index contributed by atoms with van der Waals surface area (Å²) in [5.74, 6) is -8.20. The standard InChI is InChI=1S/C36H61N15O10/c1-19(47-28(54)18-46-31(57)23(6-2-3-13-37)48-30(56)22(38)16-20-9-11-21(52)12-10-20)29(55)51-26(17-27(39)53)33(59)49-24(7-4-14-44-35(40)41)32(58)50-25(34(60)61)8-5-15-45-36(42)43/h9-12,19,22-26,52H,2-8,13-18,37-38H2,1H3,(H2,39,53)(H,46,57)(H,47,54)(H,48,56)(H,49,59)(H,50,58)(H,51,55)(H,60,61)(H4,40,41,44)(H4,42,43,45)/t19-,22-,23-,24-,25-,26-/m0/s1. The van der Waals surface area contributed by atoms with E-state index in [4.69, 9.17) is 39.5 Å². The van der Waals surface area contributed by atoms with Gasteiger partial charge < -0.3 is 81.4 Å². The molecule has 1 rings (SSSR count). The molecular formula is C36H61N15O10. The number of amides is 7. The van der Waals surface area contributed by atoms with Crippen LogP contribution in [-0.4, -0.2) is 132 Å². The van der Waals surface area contributed by atoms with Gasteiger partial charge in [-0.15, -0.1) is 0 Å². The Morgan fingerprint density at radius 1 is 0.639 bits per heavy atom. The first-order chi connectivity index (χ1) is 28.7. The van der Waals surface area contributed by atoms with E-state index in [9.17, 15) is 48.6 Å². The molecule has 0 fully saturated rings. The van der Waals surface area contributed by atoms with Crippen molar-refractivity contribution >= 4 is 59.2 Å². The monoisotopic (exact) mass is 863 g/mol. The lowest BCUT2D eigenvalue weighted by Crippen LogP contribution is -2.58. The molecule has 6 atom stereocenters. The van der Waals surface area contributed by atoms with Gasteiger partial charge in [-0.1, -0.05) is 12.1 Å². The first-order valence-corrected chi connectivity index (χ1v) is 19.4. The van der Waals surface area contributed by atoms with Crippen LogP contribution in [0.5, 0.6) is 5.75 Å². The summed E-state index contributed by atoms with van der Waals surface area (Å²) in [6, 6.07) is -1.89. The number of nitrogens with two attached hydrogens (primary N) is 5. The molecule has 25 nitrogen and oxygen atoms in total. The molecule has 0 saturated heterocycles. The normalized spacial score (nSPS) is 13.6. The van der Waals surface area contributed by atoms with Crippen LogP contribution < -0.4 is 71.2 Å². The Balaban J connectivity index is 2.96. The van der Waals surface area contributed by atoms with Crippen LogP contribution in [0, 0.1) is 10.8 Å². The Kier molecular flexibility index (Phi) is 23.9. The Morgan fingerprint density at radius 3 is 1.67 bits per heavy atom. The van der Waals surface area contributed by atoms with E-state index < -0.39 is 96.5 Å². The van der Waals surface area contributed by atoms with Gasteiger partial charge in [0.05, 0.1) is 19.0 Å². The molecule has 22 N–H and O–H groups in total. The topological polar surface area (TPSA) is 451 Å². The van der Waals surface area contributed by atoms with Crippen LogP contribution in [0.4, 0.5) is 0 Å². The van der Waals surface area contributed by atoms with Gasteiger partial charge in [-0.2, -0.15) is 0 Å². The molecule has 0 bridgehead atoms. The summed E-state index contributed by atoms with van der Waals surface area (Å²) < 4.78 is 0. The first-order valence-electron chi connectivity index (χ1n) is 19.4. The predicted molar refractivity (Wildman–Crippen MR) is 221 cm³/mol. The van der Waals surface area contributed by atoms with Gasteiger partial charge in [0.15, 0.2) is 11.9 Å². The van der Waals surface area contributed by atoms with Crippen molar-refractivity contribution in [3.63, 3.8) is 0 Å². The lowest BCUT2D eigenvalue weighted by atomic mass is 10.0. The van der Waals surface area contributed by atoms with E-state index in [1.807, 2.05) is 0 Å². The molecule has 0 aliphatic carbocycles. The molecule has 0 radical (unpaired) electrons. The summed E-state index contributed by atoms with van der Waals surface area (Å²) in [5.41, 5.74) is 28.2. The average Bonchev–Trinajstić information content (AvgIpc) is 3.18. The van der Waals surface area contributed by atoms with E-state index in [0.717, 1.165) is 0 Å². The number of carboxylic acids is 1. The lowest BCUT2D eigenvalue weighted by molar-refractivity contribution is -0.142. The second-order valence-corrected chi connectivity index (χ2v) is 14.0. The summed E-state index contributed by atoms with van der Waals surface area (Å²) in [6.07, 6.45) is 0.671. The molecule has 25 heteroatoms. The van der Waals surface area contributed by atoms with Crippen molar-refractivity contribution in [1.82, 2.24) is 42.5 Å². The van der Waals surface area contributed by atoms with Gasteiger partial charge in [-0.05, 0) is 82.5 Å². The third-order valence-corrected chi connectivity index (χ3v) is 8.76. The third-order valence-electron chi connectivity index (χ3n) is 8.76. The highest BCUT2D eigenvalue weighted by Gasteiger charge is 2.31. The van der Waals surface area contributed by atoms with Crippen LogP contribution in [0.25, 0.3) is 0 Å². The molecular weight excluding hydrogens is 802 g/mol. The van der Waals surface area contributed by atoms with E-state index in [1.54, 1.807) is 12.1 Å². The fraction of sp³-hybridized carbons (Fsp3) is 0.556. The largest absolute Gasteiger partial charge is 0.508 e. The van der Waals surface area contributed by atoms with Gasteiger partial charge in [-0.3, -0.25) is 44.4 Å². The van der Waals surface area contributed by atoms with E-state index in [-0.39, 0.29) is 69.3 Å². The van der Waals surface area contributed by atoms with Crippen molar-refractivity contribution in [3.05, 3.63) is 29.8 Å². The van der Waals surface area contributed by atoms with Gasteiger partial charge in [0.25, 0.3) is 0 Å². The van der Waals surface area contributed by atoms with Crippen LogP contribution in [0.2, 0.25) is 0 Å². The number of rotatable bonds is 29. The number of benzene rings is 1. The first kappa shape index (κ1) is 52.3. The minimum absolute atomic E-state index is 0.0388. The van der Waals surface area contributed by atoms with Crippen molar-refractivity contribution in [2.45, 2.75) is 101 Å². The zero-order valence-corrected chi connectivity index (χ0v) is 34.0. The minimum atomic E-state index is -1.67. The summed E-state index contributed by atoms with van der Waals surface area (Å²) >= 11 is 0. The maximum absolute atomic E-state index is 13.4. The van der Waals surface area contributed by atoms with Crippen molar-refractivity contribution in [2.24, 2.45) is 28.7 Å². The molecule has 1 aromatic carbocycles. The van der Waals surface area contributed by atoms with Crippen LogP contribution in [0.3, 0.4) is 0 Å². The number of primary amides is 1. The summed E-state index contributed by atoms with van der Waals surface area (Å²) in [7, 11) is 0. The molecule has 7 amide bonds. The van der Waals surface area contributed by atoms with Crippen molar-refractivity contribution < 1.29 is 48.6 Å². The fourth-order valence-electron chi connectivity index (χ4n) is 5.50. The Hall–Kier alpha value is -6.76. The summed E-state index contributed by atoms with van der Waals surface area (Å²) in [4.78, 5) is 102. The maximum Gasteiger partial charge on any atom is 0.326 e. The van der Waals surface area contributed by atoms with Crippen LogP contribution in [0.1, 0.15) is 63.9 Å². The number of guanidine groups is 2. The van der Waals surface area contributed by atoms with Gasteiger partial charge in [0.1, 0.15) is 36.0 Å². The molecule has 0 unspecified atom stereocenters. The van der Waals surface area contributed by atoms with Gasteiger partial charge in [-0.25, -0.2) is 4.79 Å². The van der Waals surface area contributed by atoms with Gasteiger partial charge >= 0.3 is 5.97 Å². The average molecular weight is 864 g/mol. The number of carbonyl (C=O) groups is 8. The Bertz CT molecular complexity index is 1680. The fourth-order valence-corrected chi connectivity index (χ4v) is 5.50. The van der Waals surface area contributed by atoms with Crippen molar-refractivity contribution in [1.29, 1.82) is 10.8 Å². The zero-order chi connectivity index (χ0) is 46.1. The molecule has 0 spiro atoms. The third kappa shape index (κ3) is 22.3.